The van der Waals surface area contributed by atoms with Crippen LogP contribution >= 0.6 is 23.7 Å². The fourth-order valence-corrected chi connectivity index (χ4v) is 3.80. The maximum atomic E-state index is 12.2. The molecule has 2 rings (SSSR count). The molecule has 1 amide bonds. The molecule has 3 atom stereocenters. The first kappa shape index (κ1) is 18.5. The van der Waals surface area contributed by atoms with Crippen molar-refractivity contribution in [3.05, 3.63) is 22.4 Å². The van der Waals surface area contributed by atoms with E-state index in [1.54, 1.807) is 11.3 Å². The number of nitrogens with one attached hydrogen (secondary N) is 2. The van der Waals surface area contributed by atoms with E-state index in [1.807, 2.05) is 6.07 Å². The summed E-state index contributed by atoms with van der Waals surface area (Å²) >= 11 is 1.72. The summed E-state index contributed by atoms with van der Waals surface area (Å²) in [5.74, 6) is 1.31. The quantitative estimate of drug-likeness (QED) is 0.833. The van der Waals surface area contributed by atoms with Gasteiger partial charge in [-0.25, -0.2) is 0 Å². The average molecular weight is 331 g/mol. The zero-order chi connectivity index (χ0) is 14.4. The summed E-state index contributed by atoms with van der Waals surface area (Å²) in [6, 6.07) is 4.33. The predicted molar refractivity (Wildman–Crippen MR) is 92.1 cm³/mol. The number of hydrogen-bond acceptors (Lipinski definition) is 3. The van der Waals surface area contributed by atoms with Crippen LogP contribution in [-0.2, 0) is 4.79 Å². The fraction of sp³-hybridized carbons (Fsp3) is 0.688. The van der Waals surface area contributed by atoms with Crippen LogP contribution < -0.4 is 10.6 Å². The molecule has 1 aliphatic heterocycles. The molecule has 0 aromatic carbocycles. The highest BCUT2D eigenvalue weighted by molar-refractivity contribution is 7.10. The third kappa shape index (κ3) is 5.61. The van der Waals surface area contributed by atoms with Gasteiger partial charge < -0.3 is 10.6 Å². The molecule has 0 radical (unpaired) electrons. The Morgan fingerprint density at radius 2 is 2.38 bits per heavy atom. The van der Waals surface area contributed by atoms with Gasteiger partial charge in [0.1, 0.15) is 0 Å². The molecule has 1 aromatic rings. The van der Waals surface area contributed by atoms with Crippen LogP contribution in [0.15, 0.2) is 17.5 Å². The van der Waals surface area contributed by atoms with E-state index in [2.05, 4.69) is 35.9 Å². The Bertz CT molecular complexity index is 404. The van der Waals surface area contributed by atoms with Gasteiger partial charge in [-0.05, 0) is 55.6 Å². The van der Waals surface area contributed by atoms with E-state index in [-0.39, 0.29) is 24.4 Å². The van der Waals surface area contributed by atoms with Crippen LogP contribution in [0.2, 0.25) is 0 Å². The van der Waals surface area contributed by atoms with E-state index in [9.17, 15) is 4.79 Å². The number of thiophene rings is 1. The standard InChI is InChI=1S/C16H26N2OS.ClH/c1-3-14(15-7-5-9-20-15)18-16(19)10-12(2)13-6-4-8-17-11-13;/h5,7,9,12-14,17H,3-4,6,8,10-11H2,1-2H3,(H,18,19);1H. The Hall–Kier alpha value is -0.580. The van der Waals surface area contributed by atoms with E-state index in [1.165, 1.54) is 17.7 Å². The summed E-state index contributed by atoms with van der Waals surface area (Å²) < 4.78 is 0. The zero-order valence-electron chi connectivity index (χ0n) is 12.9. The maximum Gasteiger partial charge on any atom is 0.220 e. The smallest absolute Gasteiger partial charge is 0.220 e. The molecule has 1 aromatic heterocycles. The molecule has 0 aliphatic carbocycles. The average Bonchev–Trinajstić information content (AvgIpc) is 2.99. The number of amides is 1. The predicted octanol–water partition coefficient (Wildman–Crippen LogP) is 3.76. The Balaban J connectivity index is 0.00000220. The van der Waals surface area contributed by atoms with Crippen LogP contribution in [0.1, 0.15) is 50.4 Å². The Kier molecular flexibility index (Phi) is 8.30. The lowest BCUT2D eigenvalue weighted by Crippen LogP contribution is -2.36. The van der Waals surface area contributed by atoms with Crippen molar-refractivity contribution in [3.8, 4) is 0 Å². The van der Waals surface area contributed by atoms with Crippen molar-refractivity contribution in [1.82, 2.24) is 10.6 Å². The summed E-state index contributed by atoms with van der Waals surface area (Å²) in [5.41, 5.74) is 0. The molecule has 5 heteroatoms. The molecule has 3 nitrogen and oxygen atoms in total. The molecule has 21 heavy (non-hydrogen) atoms. The van der Waals surface area contributed by atoms with Crippen molar-refractivity contribution in [1.29, 1.82) is 0 Å². The highest BCUT2D eigenvalue weighted by Gasteiger charge is 2.23. The van der Waals surface area contributed by atoms with E-state index in [4.69, 9.17) is 0 Å². The third-order valence-electron chi connectivity index (χ3n) is 4.28. The van der Waals surface area contributed by atoms with Gasteiger partial charge in [-0.15, -0.1) is 23.7 Å². The first-order chi connectivity index (χ1) is 9.70. The second-order valence-electron chi connectivity index (χ2n) is 5.83. The molecule has 3 unspecified atom stereocenters. The molecule has 2 heterocycles. The zero-order valence-corrected chi connectivity index (χ0v) is 14.6. The van der Waals surface area contributed by atoms with Crippen LogP contribution in [0.25, 0.3) is 0 Å². The van der Waals surface area contributed by atoms with Crippen LogP contribution in [0.3, 0.4) is 0 Å². The second-order valence-corrected chi connectivity index (χ2v) is 6.81. The van der Waals surface area contributed by atoms with E-state index in [0.29, 0.717) is 18.3 Å². The summed E-state index contributed by atoms with van der Waals surface area (Å²) in [7, 11) is 0. The van der Waals surface area contributed by atoms with Crippen molar-refractivity contribution < 1.29 is 4.79 Å². The Morgan fingerprint density at radius 1 is 1.57 bits per heavy atom. The first-order valence-electron chi connectivity index (χ1n) is 7.74. The number of carbonyl (C=O) groups is 1. The molecule has 1 aliphatic rings. The minimum Gasteiger partial charge on any atom is -0.348 e. The van der Waals surface area contributed by atoms with Crippen molar-refractivity contribution in [3.63, 3.8) is 0 Å². The van der Waals surface area contributed by atoms with E-state index >= 15 is 0 Å². The number of rotatable bonds is 6. The van der Waals surface area contributed by atoms with Gasteiger partial charge in [0.15, 0.2) is 0 Å². The summed E-state index contributed by atoms with van der Waals surface area (Å²) in [4.78, 5) is 13.5. The summed E-state index contributed by atoms with van der Waals surface area (Å²) in [5, 5.41) is 8.69. The largest absolute Gasteiger partial charge is 0.348 e. The van der Waals surface area contributed by atoms with E-state index < -0.39 is 0 Å². The van der Waals surface area contributed by atoms with Gasteiger partial charge in [-0.2, -0.15) is 0 Å². The fourth-order valence-electron chi connectivity index (χ4n) is 2.94. The lowest BCUT2D eigenvalue weighted by Gasteiger charge is -2.28. The monoisotopic (exact) mass is 330 g/mol. The molecule has 0 bridgehead atoms. The first-order valence-corrected chi connectivity index (χ1v) is 8.62. The third-order valence-corrected chi connectivity index (χ3v) is 5.26. The summed E-state index contributed by atoms with van der Waals surface area (Å²) in [6.07, 6.45) is 4.09. The molecule has 0 spiro atoms. The molecular formula is C16H27ClN2OS. The van der Waals surface area contributed by atoms with Gasteiger partial charge in [0.2, 0.25) is 5.91 Å². The van der Waals surface area contributed by atoms with Crippen LogP contribution in [0.4, 0.5) is 0 Å². The SMILES string of the molecule is CCC(NC(=O)CC(C)C1CCCNC1)c1cccs1.Cl. The van der Waals surface area contributed by atoms with Crippen LogP contribution in [-0.4, -0.2) is 19.0 Å². The van der Waals surface area contributed by atoms with Gasteiger partial charge in [0, 0.05) is 11.3 Å². The van der Waals surface area contributed by atoms with Gasteiger partial charge in [0.25, 0.3) is 0 Å². The highest BCUT2D eigenvalue weighted by atomic mass is 35.5. The van der Waals surface area contributed by atoms with E-state index in [0.717, 1.165) is 19.5 Å². The van der Waals surface area contributed by atoms with Gasteiger partial charge >= 0.3 is 0 Å². The van der Waals surface area contributed by atoms with Crippen molar-refractivity contribution >= 4 is 29.7 Å². The van der Waals surface area contributed by atoms with Crippen molar-refractivity contribution in [2.24, 2.45) is 11.8 Å². The summed E-state index contributed by atoms with van der Waals surface area (Å²) in [6.45, 7) is 6.53. The molecular weight excluding hydrogens is 304 g/mol. The van der Waals surface area contributed by atoms with Crippen molar-refractivity contribution in [2.45, 2.75) is 45.6 Å². The minimum atomic E-state index is 0. The topological polar surface area (TPSA) is 41.1 Å². The Labute approximate surface area is 138 Å². The number of piperidine rings is 1. The van der Waals surface area contributed by atoms with Crippen molar-refractivity contribution in [2.75, 3.05) is 13.1 Å². The maximum absolute atomic E-state index is 12.2. The van der Waals surface area contributed by atoms with Gasteiger partial charge in [-0.3, -0.25) is 4.79 Å². The lowest BCUT2D eigenvalue weighted by atomic mass is 9.85. The normalized spacial score (nSPS) is 21.1. The molecule has 2 N–H and O–H groups in total. The lowest BCUT2D eigenvalue weighted by molar-refractivity contribution is -0.123. The molecule has 1 fully saturated rings. The van der Waals surface area contributed by atoms with Gasteiger partial charge in [-0.1, -0.05) is 19.9 Å². The van der Waals surface area contributed by atoms with Gasteiger partial charge in [0.05, 0.1) is 6.04 Å². The number of hydrogen-bond donors (Lipinski definition) is 2. The second kappa shape index (κ2) is 9.44. The van der Waals surface area contributed by atoms with Crippen LogP contribution in [0.5, 0.6) is 0 Å². The number of halogens is 1. The highest BCUT2D eigenvalue weighted by Crippen LogP contribution is 2.25. The molecule has 0 saturated carbocycles. The molecule has 120 valence electrons. The number of carbonyl (C=O) groups excluding carboxylic acids is 1. The molecule has 1 saturated heterocycles. The minimum absolute atomic E-state index is 0. The van der Waals surface area contributed by atoms with Crippen LogP contribution in [0, 0.1) is 11.8 Å². The Morgan fingerprint density at radius 3 is 2.95 bits per heavy atom.